The van der Waals surface area contributed by atoms with Crippen LogP contribution >= 0.6 is 15.9 Å². The molecule has 3 aromatic rings. The minimum Gasteiger partial charge on any atom is -0.492 e. The number of nitrogens with zero attached hydrogens (tertiary/aromatic N) is 1. The third-order valence-corrected chi connectivity index (χ3v) is 8.57. The Bertz CT molecular complexity index is 1540. The molecule has 1 heterocycles. The van der Waals surface area contributed by atoms with Crippen LogP contribution in [0.25, 0.3) is 5.57 Å². The first-order valence-corrected chi connectivity index (χ1v) is 16.0. The lowest BCUT2D eigenvalue weighted by Crippen LogP contribution is -2.40. The number of aryl methyl sites for hydroxylation is 2. The number of benzene rings is 3. The number of hydrogen-bond acceptors (Lipinski definition) is 4. The number of rotatable bonds is 11. The highest BCUT2D eigenvalue weighted by molar-refractivity contribution is 9.10. The first kappa shape index (κ1) is 35.2. The van der Waals surface area contributed by atoms with E-state index in [1.54, 1.807) is 6.07 Å². The van der Waals surface area contributed by atoms with Crippen molar-refractivity contribution < 1.29 is 37.0 Å². The summed E-state index contributed by atoms with van der Waals surface area (Å²) in [6.45, 7) is 4.92. The van der Waals surface area contributed by atoms with E-state index >= 15 is 0 Å². The zero-order valence-electron chi connectivity index (χ0n) is 25.5. The van der Waals surface area contributed by atoms with Gasteiger partial charge >= 0.3 is 12.1 Å². The topological polar surface area (TPSA) is 78.9 Å². The number of carbonyl (C=O) groups excluding carboxylic acids is 1. The minimum atomic E-state index is -5.08. The van der Waals surface area contributed by atoms with Crippen molar-refractivity contribution in [2.24, 2.45) is 0 Å². The summed E-state index contributed by atoms with van der Waals surface area (Å²) in [5.41, 5.74) is 7.05. The first-order chi connectivity index (χ1) is 21.9. The van der Waals surface area contributed by atoms with E-state index in [1.165, 1.54) is 34.4 Å². The van der Waals surface area contributed by atoms with E-state index < -0.39 is 12.1 Å². The number of alkyl halides is 3. The highest BCUT2D eigenvalue weighted by atomic mass is 79.9. The van der Waals surface area contributed by atoms with Gasteiger partial charge in [-0.25, -0.2) is 9.18 Å². The summed E-state index contributed by atoms with van der Waals surface area (Å²) in [4.78, 5) is 24.9. The van der Waals surface area contributed by atoms with Gasteiger partial charge in [-0.2, -0.15) is 13.2 Å². The Hall–Kier alpha value is -3.70. The molecule has 0 spiro atoms. The van der Waals surface area contributed by atoms with Crippen LogP contribution in [0, 0.1) is 12.7 Å². The van der Waals surface area contributed by atoms with E-state index in [2.05, 4.69) is 81.6 Å². The summed E-state index contributed by atoms with van der Waals surface area (Å²) in [6.07, 6.45) is 0.560. The molecule has 5 rings (SSSR count). The molecule has 1 aliphatic heterocycles. The lowest BCUT2D eigenvalue weighted by atomic mass is 9.92. The molecule has 246 valence electrons. The molecule has 3 aromatic carbocycles. The van der Waals surface area contributed by atoms with Crippen LogP contribution in [0.2, 0.25) is 0 Å². The third-order valence-electron chi connectivity index (χ3n) is 7.91. The van der Waals surface area contributed by atoms with Crippen LogP contribution in [0.5, 0.6) is 5.75 Å². The maximum absolute atomic E-state index is 13.9. The number of halogens is 5. The van der Waals surface area contributed by atoms with Crippen molar-refractivity contribution in [2.45, 2.75) is 57.7 Å². The summed E-state index contributed by atoms with van der Waals surface area (Å²) in [6, 6.07) is 21.9. The molecule has 46 heavy (non-hydrogen) atoms. The van der Waals surface area contributed by atoms with Gasteiger partial charge in [-0.3, -0.25) is 4.79 Å². The number of ether oxygens (including phenoxy) is 1. The van der Waals surface area contributed by atoms with Crippen LogP contribution in [0.3, 0.4) is 0 Å². The second kappa shape index (κ2) is 16.2. The van der Waals surface area contributed by atoms with Gasteiger partial charge in [0, 0.05) is 30.8 Å². The Balaban J connectivity index is 0.000000617. The molecular weight excluding hydrogens is 668 g/mol. The number of carbonyl (C=O) groups is 2. The summed E-state index contributed by atoms with van der Waals surface area (Å²) >= 11 is 3.40. The zero-order valence-corrected chi connectivity index (χ0v) is 27.1. The first-order valence-electron chi connectivity index (χ1n) is 15.2. The molecule has 6 nitrogen and oxygen atoms in total. The Morgan fingerprint density at radius 3 is 2.39 bits per heavy atom. The molecule has 1 saturated carbocycles. The van der Waals surface area contributed by atoms with Gasteiger partial charge in [0.2, 0.25) is 0 Å². The summed E-state index contributed by atoms with van der Waals surface area (Å²) in [5, 5.41) is 10.6. The standard InChI is InChI=1S/C33H36BrFN2O2.C2HF3O2/c1-23-5-2-3-7-25(23)17-19-37(28-13-14-28)33(38)30-22-36-18-16-29(30)26-10-8-24(9-11-26)6-4-20-39-32-21-27(35)12-15-31(32)34;3-2(4,5)1(6)7/h2-3,5,7-12,15,21,28,36H,4,6,13-14,16-20,22H2,1H3;(H,6,7). The van der Waals surface area contributed by atoms with Crippen molar-refractivity contribution in [3.05, 3.63) is 105 Å². The molecule has 1 fully saturated rings. The Labute approximate surface area is 274 Å². The van der Waals surface area contributed by atoms with Crippen molar-refractivity contribution >= 4 is 33.4 Å². The van der Waals surface area contributed by atoms with Crippen LogP contribution < -0.4 is 10.1 Å². The molecule has 0 radical (unpaired) electrons. The smallest absolute Gasteiger partial charge is 0.490 e. The van der Waals surface area contributed by atoms with E-state index in [0.717, 1.165) is 67.2 Å². The largest absolute Gasteiger partial charge is 0.492 e. The maximum atomic E-state index is 13.9. The van der Waals surface area contributed by atoms with Crippen LogP contribution in [-0.4, -0.2) is 60.3 Å². The average Bonchev–Trinajstić information content (AvgIpc) is 3.87. The van der Waals surface area contributed by atoms with Gasteiger partial charge in [0.1, 0.15) is 11.6 Å². The van der Waals surface area contributed by atoms with Gasteiger partial charge < -0.3 is 20.1 Å². The van der Waals surface area contributed by atoms with Gasteiger partial charge in [-0.1, -0.05) is 48.5 Å². The summed E-state index contributed by atoms with van der Waals surface area (Å²) < 4.78 is 51.7. The lowest BCUT2D eigenvalue weighted by molar-refractivity contribution is -0.192. The quantitative estimate of drug-likeness (QED) is 0.160. The molecule has 0 unspecified atom stereocenters. The van der Waals surface area contributed by atoms with Gasteiger partial charge in [0.25, 0.3) is 5.91 Å². The molecule has 0 aromatic heterocycles. The number of carboxylic acid groups (broad SMARTS) is 1. The van der Waals surface area contributed by atoms with E-state index in [0.29, 0.717) is 24.9 Å². The molecule has 0 saturated heterocycles. The summed E-state index contributed by atoms with van der Waals surface area (Å²) in [7, 11) is 0. The fourth-order valence-corrected chi connectivity index (χ4v) is 5.63. The maximum Gasteiger partial charge on any atom is 0.490 e. The van der Waals surface area contributed by atoms with Crippen LogP contribution in [0.15, 0.2) is 76.8 Å². The van der Waals surface area contributed by atoms with Crippen molar-refractivity contribution in [3.63, 3.8) is 0 Å². The monoisotopic (exact) mass is 704 g/mol. The van der Waals surface area contributed by atoms with Crippen LogP contribution in [-0.2, 0) is 22.4 Å². The van der Waals surface area contributed by atoms with Gasteiger partial charge in [-0.05, 0) is 108 Å². The molecule has 0 bridgehead atoms. The SMILES string of the molecule is Cc1ccccc1CCN(C(=O)C1=C(c2ccc(CCCOc3cc(F)ccc3Br)cc2)CCNC1)C1CC1.O=C(O)C(F)(F)F. The molecule has 1 amide bonds. The van der Waals surface area contributed by atoms with E-state index in [-0.39, 0.29) is 11.7 Å². The highest BCUT2D eigenvalue weighted by Crippen LogP contribution is 2.32. The van der Waals surface area contributed by atoms with Crippen molar-refractivity contribution in [1.82, 2.24) is 10.2 Å². The molecule has 11 heteroatoms. The lowest BCUT2D eigenvalue weighted by Gasteiger charge is -2.28. The highest BCUT2D eigenvalue weighted by Gasteiger charge is 2.38. The van der Waals surface area contributed by atoms with E-state index in [1.807, 2.05) is 0 Å². The molecule has 0 atom stereocenters. The van der Waals surface area contributed by atoms with Gasteiger partial charge in [0.05, 0.1) is 11.1 Å². The minimum absolute atomic E-state index is 0.193. The zero-order chi connectivity index (χ0) is 33.3. The number of carboxylic acids is 1. The van der Waals surface area contributed by atoms with Gasteiger partial charge in [-0.15, -0.1) is 0 Å². The fraction of sp³-hybridized carbons (Fsp3) is 0.371. The van der Waals surface area contributed by atoms with Crippen molar-refractivity contribution in [2.75, 3.05) is 26.2 Å². The molecular formula is C35H37BrF4N2O4. The van der Waals surface area contributed by atoms with Crippen LogP contribution in [0.1, 0.15) is 47.9 Å². The average molecular weight is 706 g/mol. The fourth-order valence-electron chi connectivity index (χ4n) is 5.27. The Kier molecular flexibility index (Phi) is 12.4. The third kappa shape index (κ3) is 10.2. The molecule has 1 aliphatic carbocycles. The van der Waals surface area contributed by atoms with Gasteiger partial charge in [0.15, 0.2) is 0 Å². The van der Waals surface area contributed by atoms with Crippen LogP contribution in [0.4, 0.5) is 17.6 Å². The van der Waals surface area contributed by atoms with E-state index in [9.17, 15) is 22.4 Å². The normalized spacial score (nSPS) is 14.7. The predicted octanol–water partition coefficient (Wildman–Crippen LogP) is 7.52. The number of aliphatic carboxylic acids is 1. The Morgan fingerprint density at radius 1 is 1.04 bits per heavy atom. The van der Waals surface area contributed by atoms with Crippen molar-refractivity contribution in [1.29, 1.82) is 0 Å². The van der Waals surface area contributed by atoms with Crippen molar-refractivity contribution in [3.8, 4) is 5.75 Å². The van der Waals surface area contributed by atoms with E-state index in [4.69, 9.17) is 14.6 Å². The number of amides is 1. The summed E-state index contributed by atoms with van der Waals surface area (Å²) in [5.74, 6) is -2.34. The number of hydrogen-bond donors (Lipinski definition) is 2. The molecule has 2 N–H and O–H groups in total. The second-order valence-corrected chi connectivity index (χ2v) is 12.2. The second-order valence-electron chi connectivity index (χ2n) is 11.3. The Morgan fingerprint density at radius 2 is 1.74 bits per heavy atom. The predicted molar refractivity (Wildman–Crippen MR) is 172 cm³/mol. The molecule has 2 aliphatic rings. The number of nitrogens with one attached hydrogen (secondary N) is 1.